The van der Waals surface area contributed by atoms with E-state index in [9.17, 15) is 26.3 Å². The molecule has 0 spiro atoms. The Balaban J connectivity index is 2.08. The van der Waals surface area contributed by atoms with Crippen LogP contribution < -0.4 is 5.32 Å². The van der Waals surface area contributed by atoms with Gasteiger partial charge in [-0.25, -0.2) is 0 Å². The molecule has 1 saturated heterocycles. The third-order valence-corrected chi connectivity index (χ3v) is 4.63. The summed E-state index contributed by atoms with van der Waals surface area (Å²) >= 11 is 0. The van der Waals surface area contributed by atoms with E-state index in [-0.39, 0.29) is 5.56 Å². The van der Waals surface area contributed by atoms with Crippen molar-refractivity contribution in [1.29, 1.82) is 0 Å². The number of hydrogen-bond acceptors (Lipinski definition) is 2. The first-order chi connectivity index (χ1) is 12.7. The molecule has 27 heavy (non-hydrogen) atoms. The Kier molecular flexibility index (Phi) is 5.48. The number of hydrogen-bond donors (Lipinski definition) is 1. The zero-order valence-corrected chi connectivity index (χ0v) is 14.2. The maximum atomic E-state index is 13.5. The van der Waals surface area contributed by atoms with Gasteiger partial charge in [-0.05, 0) is 29.3 Å². The van der Waals surface area contributed by atoms with E-state index in [1.165, 1.54) is 30.3 Å². The third kappa shape index (κ3) is 4.44. The molecule has 2 aromatic carbocycles. The quantitative estimate of drug-likeness (QED) is 0.766. The highest BCUT2D eigenvalue weighted by Crippen LogP contribution is 2.39. The van der Waals surface area contributed by atoms with Gasteiger partial charge in [-0.1, -0.05) is 30.3 Å². The predicted octanol–water partition coefficient (Wildman–Crippen LogP) is 4.72. The van der Waals surface area contributed by atoms with Crippen molar-refractivity contribution in [3.8, 4) is 0 Å². The molecule has 0 aliphatic carbocycles. The number of rotatable bonds is 3. The van der Waals surface area contributed by atoms with Crippen molar-refractivity contribution in [2.24, 2.45) is 0 Å². The highest BCUT2D eigenvalue weighted by Gasteiger charge is 2.37. The van der Waals surface area contributed by atoms with Crippen molar-refractivity contribution in [3.63, 3.8) is 0 Å². The zero-order valence-electron chi connectivity index (χ0n) is 14.2. The summed E-state index contributed by atoms with van der Waals surface area (Å²) in [5, 5.41) is 3.13. The van der Waals surface area contributed by atoms with Crippen LogP contribution in [-0.2, 0) is 12.4 Å². The Hall–Kier alpha value is -2.06. The lowest BCUT2D eigenvalue weighted by Crippen LogP contribution is -2.45. The van der Waals surface area contributed by atoms with Crippen molar-refractivity contribution in [1.82, 2.24) is 10.2 Å². The van der Waals surface area contributed by atoms with Gasteiger partial charge in [-0.2, -0.15) is 26.3 Å². The first kappa shape index (κ1) is 19.7. The average molecular weight is 388 g/mol. The van der Waals surface area contributed by atoms with Gasteiger partial charge in [0.25, 0.3) is 0 Å². The lowest BCUT2D eigenvalue weighted by atomic mass is 9.91. The summed E-state index contributed by atoms with van der Waals surface area (Å²) in [4.78, 5) is 1.86. The molecule has 2 nitrogen and oxygen atoms in total. The minimum absolute atomic E-state index is 0.0478. The monoisotopic (exact) mass is 388 g/mol. The molecule has 1 unspecified atom stereocenters. The second-order valence-corrected chi connectivity index (χ2v) is 6.39. The van der Waals surface area contributed by atoms with Gasteiger partial charge < -0.3 is 5.32 Å². The largest absolute Gasteiger partial charge is 0.416 e. The van der Waals surface area contributed by atoms with E-state index in [1.807, 2.05) is 4.90 Å². The van der Waals surface area contributed by atoms with Crippen LogP contribution in [0.3, 0.4) is 0 Å². The number of halogens is 6. The number of nitrogens with zero attached hydrogens (tertiary/aromatic N) is 1. The van der Waals surface area contributed by atoms with Crippen molar-refractivity contribution in [2.75, 3.05) is 26.2 Å². The Morgan fingerprint density at radius 2 is 1.37 bits per heavy atom. The van der Waals surface area contributed by atoms with Crippen LogP contribution in [0.5, 0.6) is 0 Å². The molecule has 1 aliphatic heterocycles. The average Bonchev–Trinajstić information content (AvgIpc) is 2.62. The molecule has 146 valence electrons. The Bertz CT molecular complexity index is 761. The molecule has 0 aromatic heterocycles. The summed E-state index contributed by atoms with van der Waals surface area (Å²) in [6.45, 7) is 2.20. The highest BCUT2D eigenvalue weighted by molar-refractivity contribution is 5.40. The van der Waals surface area contributed by atoms with E-state index in [4.69, 9.17) is 0 Å². The minimum Gasteiger partial charge on any atom is -0.314 e. The normalized spacial score (nSPS) is 17.7. The topological polar surface area (TPSA) is 15.3 Å². The third-order valence-electron chi connectivity index (χ3n) is 4.63. The lowest BCUT2D eigenvalue weighted by Gasteiger charge is -2.36. The first-order valence-corrected chi connectivity index (χ1v) is 8.46. The van der Waals surface area contributed by atoms with E-state index in [0.717, 1.165) is 18.2 Å². The smallest absolute Gasteiger partial charge is 0.314 e. The summed E-state index contributed by atoms with van der Waals surface area (Å²) in [7, 11) is 0. The standard InChI is InChI=1S/C19H18F6N2/c20-18(21,22)14-7-5-13(6-8-14)17(27-11-9-26-10-12-27)15-3-1-2-4-16(15)19(23,24)25/h1-8,17,26H,9-12H2. The van der Waals surface area contributed by atoms with Crippen molar-refractivity contribution < 1.29 is 26.3 Å². The molecular formula is C19H18F6N2. The Morgan fingerprint density at radius 1 is 0.778 bits per heavy atom. The van der Waals surface area contributed by atoms with E-state index in [0.29, 0.717) is 31.7 Å². The molecule has 0 bridgehead atoms. The molecule has 1 fully saturated rings. The van der Waals surface area contributed by atoms with Crippen LogP contribution >= 0.6 is 0 Å². The molecule has 0 saturated carbocycles. The second-order valence-electron chi connectivity index (χ2n) is 6.39. The van der Waals surface area contributed by atoms with Crippen LogP contribution in [-0.4, -0.2) is 31.1 Å². The van der Waals surface area contributed by atoms with Gasteiger partial charge in [0, 0.05) is 26.2 Å². The molecule has 2 aromatic rings. The van der Waals surface area contributed by atoms with Crippen molar-refractivity contribution >= 4 is 0 Å². The Labute approximate surface area is 152 Å². The second kappa shape index (κ2) is 7.52. The molecule has 1 heterocycles. The van der Waals surface area contributed by atoms with Gasteiger partial charge in [0.1, 0.15) is 0 Å². The van der Waals surface area contributed by atoms with Crippen LogP contribution in [0.1, 0.15) is 28.3 Å². The fraction of sp³-hybridized carbons (Fsp3) is 0.368. The maximum absolute atomic E-state index is 13.5. The van der Waals surface area contributed by atoms with E-state index in [1.54, 1.807) is 0 Å². The van der Waals surface area contributed by atoms with Gasteiger partial charge in [0.05, 0.1) is 17.2 Å². The van der Waals surface area contributed by atoms with Gasteiger partial charge in [0.2, 0.25) is 0 Å². The summed E-state index contributed by atoms with van der Waals surface area (Å²) in [5.74, 6) is 0. The molecule has 1 N–H and O–H groups in total. The predicted molar refractivity (Wildman–Crippen MR) is 89.2 cm³/mol. The van der Waals surface area contributed by atoms with Gasteiger partial charge in [-0.15, -0.1) is 0 Å². The van der Waals surface area contributed by atoms with Crippen molar-refractivity contribution in [3.05, 3.63) is 70.8 Å². The molecule has 0 amide bonds. The summed E-state index contributed by atoms with van der Waals surface area (Å²) in [5.41, 5.74) is -1.14. The number of nitrogens with one attached hydrogen (secondary N) is 1. The van der Waals surface area contributed by atoms with Crippen LogP contribution in [0.25, 0.3) is 0 Å². The fourth-order valence-corrected chi connectivity index (χ4v) is 3.38. The molecule has 1 aliphatic rings. The summed E-state index contributed by atoms with van der Waals surface area (Å²) in [6, 6.07) is 8.83. The maximum Gasteiger partial charge on any atom is 0.416 e. The fourth-order valence-electron chi connectivity index (χ4n) is 3.38. The molecule has 3 rings (SSSR count). The van der Waals surface area contributed by atoms with Crippen LogP contribution in [0, 0.1) is 0 Å². The van der Waals surface area contributed by atoms with E-state index in [2.05, 4.69) is 5.32 Å². The zero-order chi connectivity index (χ0) is 19.7. The molecule has 8 heteroatoms. The van der Waals surface area contributed by atoms with Crippen LogP contribution in [0.4, 0.5) is 26.3 Å². The van der Waals surface area contributed by atoms with Crippen molar-refractivity contribution in [2.45, 2.75) is 18.4 Å². The van der Waals surface area contributed by atoms with Gasteiger partial charge in [-0.3, -0.25) is 4.90 Å². The first-order valence-electron chi connectivity index (χ1n) is 8.46. The summed E-state index contributed by atoms with van der Waals surface area (Å²) < 4.78 is 79.2. The number of benzene rings is 2. The van der Waals surface area contributed by atoms with Gasteiger partial charge in [0.15, 0.2) is 0 Å². The van der Waals surface area contributed by atoms with E-state index < -0.39 is 29.5 Å². The molecule has 1 atom stereocenters. The van der Waals surface area contributed by atoms with Crippen LogP contribution in [0.2, 0.25) is 0 Å². The molecule has 0 radical (unpaired) electrons. The minimum atomic E-state index is -4.55. The lowest BCUT2D eigenvalue weighted by molar-refractivity contribution is -0.139. The summed E-state index contributed by atoms with van der Waals surface area (Å²) in [6.07, 6.45) is -9.04. The van der Waals surface area contributed by atoms with E-state index >= 15 is 0 Å². The van der Waals surface area contributed by atoms with Crippen LogP contribution in [0.15, 0.2) is 48.5 Å². The Morgan fingerprint density at radius 3 is 1.93 bits per heavy atom. The SMILES string of the molecule is FC(F)(F)c1ccc(C(c2ccccc2C(F)(F)F)N2CCNCC2)cc1. The molecular weight excluding hydrogens is 370 g/mol. The highest BCUT2D eigenvalue weighted by atomic mass is 19.4. The van der Waals surface area contributed by atoms with Gasteiger partial charge >= 0.3 is 12.4 Å². The number of piperazine rings is 1. The number of alkyl halides is 6.